The maximum absolute atomic E-state index is 12.5. The van der Waals surface area contributed by atoms with Crippen LogP contribution < -0.4 is 21.1 Å². The van der Waals surface area contributed by atoms with Crippen LogP contribution in [-0.2, 0) is 9.59 Å². The van der Waals surface area contributed by atoms with Crippen molar-refractivity contribution >= 4 is 29.5 Å². The average molecular weight is 382 g/mol. The van der Waals surface area contributed by atoms with E-state index in [9.17, 15) is 14.4 Å². The summed E-state index contributed by atoms with van der Waals surface area (Å²) in [7, 11) is 0. The van der Waals surface area contributed by atoms with Gasteiger partial charge in [-0.25, -0.2) is 4.98 Å². The maximum atomic E-state index is 12.5. The first-order chi connectivity index (χ1) is 12.4. The number of thioether (sulfide) groups is 1. The molecule has 1 fully saturated rings. The van der Waals surface area contributed by atoms with E-state index in [1.54, 1.807) is 18.7 Å². The summed E-state index contributed by atoms with van der Waals surface area (Å²) in [6.45, 7) is 4.62. The highest BCUT2D eigenvalue weighted by molar-refractivity contribution is 7.98. The van der Waals surface area contributed by atoms with Crippen molar-refractivity contribution in [3.05, 3.63) is 22.1 Å². The number of hydrogen-bond donors (Lipinski definition) is 3. The molecule has 1 aliphatic rings. The summed E-state index contributed by atoms with van der Waals surface area (Å²) in [4.78, 5) is 44.6. The fraction of sp³-hybridized carbons (Fsp3) is 0.647. The summed E-state index contributed by atoms with van der Waals surface area (Å²) >= 11 is 1.65. The van der Waals surface area contributed by atoms with Crippen LogP contribution in [0.25, 0.3) is 0 Å². The zero-order valence-corrected chi connectivity index (χ0v) is 16.3. The zero-order valence-electron chi connectivity index (χ0n) is 15.5. The van der Waals surface area contributed by atoms with Crippen LogP contribution in [0, 0.1) is 6.92 Å². The van der Waals surface area contributed by atoms with Crippen LogP contribution in [0.15, 0.2) is 10.9 Å². The second kappa shape index (κ2) is 9.61. The SMILES string of the molecule is CSCCC(NC(C)=O)C(=O)NC1CCN(c2nc(C)cc(=O)[nH]2)CC1. The lowest BCUT2D eigenvalue weighted by molar-refractivity contribution is -0.128. The van der Waals surface area contributed by atoms with Crippen molar-refractivity contribution in [3.8, 4) is 0 Å². The second-order valence-corrected chi connectivity index (χ2v) is 7.50. The van der Waals surface area contributed by atoms with Crippen LogP contribution in [0.5, 0.6) is 0 Å². The molecule has 3 N–H and O–H groups in total. The summed E-state index contributed by atoms with van der Waals surface area (Å²) in [5.41, 5.74) is 0.529. The van der Waals surface area contributed by atoms with E-state index < -0.39 is 6.04 Å². The quantitative estimate of drug-likeness (QED) is 0.632. The molecule has 9 heteroatoms. The van der Waals surface area contributed by atoms with Gasteiger partial charge in [-0.15, -0.1) is 0 Å². The number of rotatable bonds is 7. The Bertz CT molecular complexity index is 685. The number of H-pyrrole nitrogens is 1. The molecular formula is C17H27N5O3S. The summed E-state index contributed by atoms with van der Waals surface area (Å²) < 4.78 is 0. The van der Waals surface area contributed by atoms with Crippen molar-refractivity contribution in [2.24, 2.45) is 0 Å². The minimum absolute atomic E-state index is 0.0563. The van der Waals surface area contributed by atoms with Crippen molar-refractivity contribution in [2.75, 3.05) is 30.0 Å². The van der Waals surface area contributed by atoms with Gasteiger partial charge in [-0.3, -0.25) is 19.4 Å². The van der Waals surface area contributed by atoms with Gasteiger partial charge in [0.15, 0.2) is 0 Å². The Labute approximate surface area is 157 Å². The number of carbonyl (C=O) groups excluding carboxylic acids is 2. The first-order valence-corrected chi connectivity index (χ1v) is 10.2. The first kappa shape index (κ1) is 20.3. The molecule has 1 saturated heterocycles. The summed E-state index contributed by atoms with van der Waals surface area (Å²) in [6, 6.07) is 1.03. The highest BCUT2D eigenvalue weighted by Crippen LogP contribution is 2.15. The molecule has 0 bridgehead atoms. The number of piperidine rings is 1. The topological polar surface area (TPSA) is 107 Å². The van der Waals surface area contributed by atoms with Crippen molar-refractivity contribution in [3.63, 3.8) is 0 Å². The van der Waals surface area contributed by atoms with Crippen molar-refractivity contribution in [1.82, 2.24) is 20.6 Å². The standard InChI is InChI=1S/C17H27N5O3S/c1-11-10-15(24)21-17(18-11)22-7-4-13(5-8-22)20-16(25)14(6-9-26-3)19-12(2)23/h10,13-14H,4-9H2,1-3H3,(H,19,23)(H,20,25)(H,18,21,24). The molecule has 0 radical (unpaired) electrons. The Morgan fingerprint density at radius 3 is 2.69 bits per heavy atom. The molecule has 0 spiro atoms. The van der Waals surface area contributed by atoms with Gasteiger partial charge in [0.1, 0.15) is 6.04 Å². The third-order valence-electron chi connectivity index (χ3n) is 4.30. The Morgan fingerprint density at radius 2 is 2.12 bits per heavy atom. The third-order valence-corrected chi connectivity index (χ3v) is 4.95. The van der Waals surface area contributed by atoms with E-state index in [1.807, 2.05) is 11.2 Å². The number of carbonyl (C=O) groups is 2. The fourth-order valence-electron chi connectivity index (χ4n) is 3.00. The Balaban J connectivity index is 1.89. The Hall–Kier alpha value is -2.03. The maximum Gasteiger partial charge on any atom is 0.252 e. The number of nitrogens with one attached hydrogen (secondary N) is 3. The van der Waals surface area contributed by atoms with Crippen LogP contribution in [0.1, 0.15) is 31.9 Å². The molecule has 2 rings (SSSR count). The smallest absolute Gasteiger partial charge is 0.252 e. The van der Waals surface area contributed by atoms with E-state index in [1.165, 1.54) is 13.0 Å². The number of anilines is 1. The highest BCUT2D eigenvalue weighted by atomic mass is 32.2. The van der Waals surface area contributed by atoms with Gasteiger partial charge in [-0.05, 0) is 38.2 Å². The molecule has 8 nitrogen and oxygen atoms in total. The molecule has 0 aromatic carbocycles. The molecule has 0 saturated carbocycles. The lowest BCUT2D eigenvalue weighted by atomic mass is 10.0. The fourth-order valence-corrected chi connectivity index (χ4v) is 3.47. The highest BCUT2D eigenvalue weighted by Gasteiger charge is 2.25. The van der Waals surface area contributed by atoms with E-state index in [0.29, 0.717) is 31.2 Å². The van der Waals surface area contributed by atoms with Crippen LogP contribution in [0.2, 0.25) is 0 Å². The molecule has 0 aliphatic carbocycles. The van der Waals surface area contributed by atoms with Crippen LogP contribution >= 0.6 is 11.8 Å². The van der Waals surface area contributed by atoms with Gasteiger partial charge >= 0.3 is 0 Å². The summed E-state index contributed by atoms with van der Waals surface area (Å²) in [5.74, 6) is 1.06. The summed E-state index contributed by atoms with van der Waals surface area (Å²) in [6.07, 6.45) is 4.11. The molecule has 144 valence electrons. The molecule has 26 heavy (non-hydrogen) atoms. The molecular weight excluding hydrogens is 354 g/mol. The predicted molar refractivity (Wildman–Crippen MR) is 104 cm³/mol. The average Bonchev–Trinajstić information content (AvgIpc) is 2.58. The van der Waals surface area contributed by atoms with Crippen LogP contribution in [-0.4, -0.2) is 59.0 Å². The third kappa shape index (κ3) is 6.05. The van der Waals surface area contributed by atoms with E-state index in [-0.39, 0.29) is 23.4 Å². The van der Waals surface area contributed by atoms with Crippen LogP contribution in [0.4, 0.5) is 5.95 Å². The van der Waals surface area contributed by atoms with Gasteiger partial charge in [0.2, 0.25) is 17.8 Å². The summed E-state index contributed by atoms with van der Waals surface area (Å²) in [5, 5.41) is 5.77. The molecule has 1 aliphatic heterocycles. The minimum atomic E-state index is -0.493. The zero-order chi connectivity index (χ0) is 19.1. The minimum Gasteiger partial charge on any atom is -0.351 e. The largest absolute Gasteiger partial charge is 0.351 e. The normalized spacial score (nSPS) is 16.2. The van der Waals surface area contributed by atoms with Gasteiger partial charge in [0.05, 0.1) is 0 Å². The van der Waals surface area contributed by atoms with E-state index >= 15 is 0 Å². The number of hydrogen-bond acceptors (Lipinski definition) is 6. The molecule has 1 unspecified atom stereocenters. The van der Waals surface area contributed by atoms with Gasteiger partial charge in [0, 0.05) is 37.8 Å². The lowest BCUT2D eigenvalue weighted by Gasteiger charge is -2.33. The lowest BCUT2D eigenvalue weighted by Crippen LogP contribution is -2.52. The molecule has 1 atom stereocenters. The van der Waals surface area contributed by atoms with Crippen molar-refractivity contribution in [2.45, 2.75) is 45.2 Å². The monoisotopic (exact) mass is 381 g/mol. The second-order valence-electron chi connectivity index (χ2n) is 6.51. The van der Waals surface area contributed by atoms with E-state index in [0.717, 1.165) is 18.6 Å². The number of aryl methyl sites for hydroxylation is 1. The molecule has 1 aromatic rings. The molecule has 1 aromatic heterocycles. The Morgan fingerprint density at radius 1 is 1.42 bits per heavy atom. The van der Waals surface area contributed by atoms with E-state index in [4.69, 9.17) is 0 Å². The van der Waals surface area contributed by atoms with Gasteiger partial charge in [-0.2, -0.15) is 11.8 Å². The first-order valence-electron chi connectivity index (χ1n) is 8.78. The van der Waals surface area contributed by atoms with Gasteiger partial charge < -0.3 is 15.5 Å². The predicted octanol–water partition coefficient (Wildman–Crippen LogP) is 0.421. The number of nitrogens with zero attached hydrogens (tertiary/aromatic N) is 2. The number of aromatic amines is 1. The molecule has 2 amide bonds. The van der Waals surface area contributed by atoms with E-state index in [2.05, 4.69) is 20.6 Å². The van der Waals surface area contributed by atoms with Crippen LogP contribution in [0.3, 0.4) is 0 Å². The number of amides is 2. The van der Waals surface area contributed by atoms with Gasteiger partial charge in [-0.1, -0.05) is 0 Å². The Kier molecular flexibility index (Phi) is 7.50. The molecule has 2 heterocycles. The van der Waals surface area contributed by atoms with Gasteiger partial charge in [0.25, 0.3) is 5.56 Å². The van der Waals surface area contributed by atoms with Crippen molar-refractivity contribution < 1.29 is 9.59 Å². The number of aromatic nitrogens is 2. The van der Waals surface area contributed by atoms with Crippen molar-refractivity contribution in [1.29, 1.82) is 0 Å².